The first kappa shape index (κ1) is 16.8. The summed E-state index contributed by atoms with van der Waals surface area (Å²) >= 11 is 0. The number of anilines is 1. The van der Waals surface area contributed by atoms with E-state index < -0.39 is 0 Å². The maximum absolute atomic E-state index is 12.3. The Morgan fingerprint density at radius 2 is 2.00 bits per heavy atom. The molecule has 0 saturated carbocycles. The normalized spacial score (nSPS) is 17.0. The molecule has 1 heterocycles. The summed E-state index contributed by atoms with van der Waals surface area (Å²) in [5, 5.41) is 9.14. The van der Waals surface area contributed by atoms with Gasteiger partial charge in [0.1, 0.15) is 0 Å². The molecule has 1 aromatic rings. The first-order valence-corrected chi connectivity index (χ1v) is 7.91. The van der Waals surface area contributed by atoms with Crippen LogP contribution in [0.4, 0.5) is 5.69 Å². The van der Waals surface area contributed by atoms with Crippen molar-refractivity contribution in [2.45, 2.75) is 19.9 Å². The highest BCUT2D eigenvalue weighted by molar-refractivity contribution is 5.78. The lowest BCUT2D eigenvalue weighted by molar-refractivity contribution is -0.133. The molecule has 0 radical (unpaired) electrons. The summed E-state index contributed by atoms with van der Waals surface area (Å²) in [5.41, 5.74) is 2.49. The summed E-state index contributed by atoms with van der Waals surface area (Å²) in [4.78, 5) is 18.5. The largest absolute Gasteiger partial charge is 0.395 e. The van der Waals surface area contributed by atoms with Gasteiger partial charge in [-0.25, -0.2) is 0 Å². The number of likely N-dealkylation sites (N-methyl/N-ethyl adjacent to an activating group) is 1. The number of hydrogen-bond donors (Lipinski definition) is 1. The average molecular weight is 305 g/mol. The molecule has 1 amide bonds. The van der Waals surface area contributed by atoms with Crippen LogP contribution in [0.1, 0.15) is 12.5 Å². The molecule has 1 aromatic carbocycles. The van der Waals surface area contributed by atoms with Gasteiger partial charge in [0.15, 0.2) is 0 Å². The average Bonchev–Trinajstić information content (AvgIpc) is 2.54. The molecule has 0 aliphatic carbocycles. The summed E-state index contributed by atoms with van der Waals surface area (Å²) in [5.74, 6) is 0.145. The lowest BCUT2D eigenvalue weighted by Crippen LogP contribution is -2.51. The lowest BCUT2D eigenvalue weighted by atomic mass is 10.2. The second kappa shape index (κ2) is 7.61. The number of rotatable bonds is 5. The van der Waals surface area contributed by atoms with Crippen LogP contribution in [-0.4, -0.2) is 73.2 Å². The van der Waals surface area contributed by atoms with E-state index >= 15 is 0 Å². The van der Waals surface area contributed by atoms with Crippen LogP contribution < -0.4 is 4.90 Å². The van der Waals surface area contributed by atoms with Crippen molar-refractivity contribution in [1.29, 1.82) is 0 Å². The maximum atomic E-state index is 12.3. The van der Waals surface area contributed by atoms with Crippen molar-refractivity contribution in [3.05, 3.63) is 29.8 Å². The Bertz CT molecular complexity index is 498. The third-order valence-corrected chi connectivity index (χ3v) is 4.40. The molecular formula is C17H27N3O2. The minimum atomic E-state index is 0.0116. The van der Waals surface area contributed by atoms with Crippen molar-refractivity contribution in [1.82, 2.24) is 9.80 Å². The molecule has 1 atom stereocenters. The van der Waals surface area contributed by atoms with E-state index in [1.807, 2.05) is 23.8 Å². The molecule has 1 unspecified atom stereocenters. The molecule has 5 nitrogen and oxygen atoms in total. The molecule has 0 bridgehead atoms. The van der Waals surface area contributed by atoms with Gasteiger partial charge >= 0.3 is 0 Å². The van der Waals surface area contributed by atoms with E-state index in [9.17, 15) is 4.79 Å². The number of carbonyl (C=O) groups is 1. The predicted octanol–water partition coefficient (Wildman–Crippen LogP) is 0.956. The lowest BCUT2D eigenvalue weighted by Gasteiger charge is -2.37. The Morgan fingerprint density at radius 3 is 2.59 bits per heavy atom. The molecule has 1 aliphatic heterocycles. The van der Waals surface area contributed by atoms with Gasteiger partial charge in [0.2, 0.25) is 5.91 Å². The number of piperazine rings is 1. The van der Waals surface area contributed by atoms with Gasteiger partial charge in [-0.2, -0.15) is 0 Å². The highest BCUT2D eigenvalue weighted by atomic mass is 16.3. The van der Waals surface area contributed by atoms with Crippen LogP contribution in [0, 0.1) is 6.92 Å². The van der Waals surface area contributed by atoms with E-state index in [1.165, 1.54) is 11.3 Å². The number of aliphatic hydroxyl groups is 1. The van der Waals surface area contributed by atoms with E-state index in [0.29, 0.717) is 6.54 Å². The van der Waals surface area contributed by atoms with Crippen molar-refractivity contribution in [2.24, 2.45) is 0 Å². The molecule has 0 aromatic heterocycles. The third kappa shape index (κ3) is 4.21. The monoisotopic (exact) mass is 305 g/mol. The Balaban J connectivity index is 1.85. The zero-order valence-corrected chi connectivity index (χ0v) is 13.8. The standard InChI is InChI=1S/C17H27N3O2/c1-14-5-4-6-16(11-14)19-7-9-20(10-8-19)17(22)12-18(3)15(2)13-21/h4-6,11,15,21H,7-10,12-13H2,1-3H3. The number of amides is 1. The zero-order chi connectivity index (χ0) is 16.1. The van der Waals surface area contributed by atoms with E-state index in [4.69, 9.17) is 5.11 Å². The smallest absolute Gasteiger partial charge is 0.236 e. The minimum Gasteiger partial charge on any atom is -0.395 e. The first-order valence-electron chi connectivity index (χ1n) is 7.91. The maximum Gasteiger partial charge on any atom is 0.236 e. The van der Waals surface area contributed by atoms with Crippen LogP contribution in [0.5, 0.6) is 0 Å². The number of aryl methyl sites for hydroxylation is 1. The van der Waals surface area contributed by atoms with Crippen molar-refractivity contribution >= 4 is 11.6 Å². The van der Waals surface area contributed by atoms with Crippen molar-refractivity contribution in [3.8, 4) is 0 Å². The van der Waals surface area contributed by atoms with Crippen LogP contribution in [0.25, 0.3) is 0 Å². The Morgan fingerprint density at radius 1 is 1.32 bits per heavy atom. The van der Waals surface area contributed by atoms with Crippen molar-refractivity contribution in [2.75, 3.05) is 51.3 Å². The third-order valence-electron chi connectivity index (χ3n) is 4.40. The summed E-state index contributed by atoms with van der Waals surface area (Å²) in [7, 11) is 1.88. The van der Waals surface area contributed by atoms with Gasteiger partial charge in [0, 0.05) is 37.9 Å². The van der Waals surface area contributed by atoms with Crippen LogP contribution in [0.2, 0.25) is 0 Å². The Labute approximate surface area is 133 Å². The second-order valence-electron chi connectivity index (χ2n) is 6.15. The highest BCUT2D eigenvalue weighted by Crippen LogP contribution is 2.17. The molecule has 22 heavy (non-hydrogen) atoms. The fraction of sp³-hybridized carbons (Fsp3) is 0.588. The number of hydrogen-bond acceptors (Lipinski definition) is 4. The topological polar surface area (TPSA) is 47.0 Å². The Kier molecular flexibility index (Phi) is 5.80. The molecule has 1 aliphatic rings. The molecular weight excluding hydrogens is 278 g/mol. The van der Waals surface area contributed by atoms with E-state index in [2.05, 4.69) is 36.1 Å². The summed E-state index contributed by atoms with van der Waals surface area (Å²) < 4.78 is 0. The Hall–Kier alpha value is -1.59. The van der Waals surface area contributed by atoms with Crippen LogP contribution in [0.15, 0.2) is 24.3 Å². The van der Waals surface area contributed by atoms with Gasteiger partial charge in [0.05, 0.1) is 13.2 Å². The van der Waals surface area contributed by atoms with Gasteiger partial charge in [-0.15, -0.1) is 0 Å². The van der Waals surface area contributed by atoms with Gasteiger partial charge < -0.3 is 14.9 Å². The zero-order valence-electron chi connectivity index (χ0n) is 13.8. The minimum absolute atomic E-state index is 0.0116. The van der Waals surface area contributed by atoms with Crippen molar-refractivity contribution in [3.63, 3.8) is 0 Å². The highest BCUT2D eigenvalue weighted by Gasteiger charge is 2.23. The van der Waals surface area contributed by atoms with E-state index in [-0.39, 0.29) is 18.6 Å². The van der Waals surface area contributed by atoms with E-state index in [1.54, 1.807) is 0 Å². The number of nitrogens with zero attached hydrogens (tertiary/aromatic N) is 3. The molecule has 122 valence electrons. The fourth-order valence-electron chi connectivity index (χ4n) is 2.65. The van der Waals surface area contributed by atoms with Crippen LogP contribution in [0.3, 0.4) is 0 Å². The summed E-state index contributed by atoms with van der Waals surface area (Å²) in [6.07, 6.45) is 0. The van der Waals surface area contributed by atoms with Crippen LogP contribution >= 0.6 is 0 Å². The van der Waals surface area contributed by atoms with Gasteiger partial charge in [0.25, 0.3) is 0 Å². The quantitative estimate of drug-likeness (QED) is 0.880. The van der Waals surface area contributed by atoms with E-state index in [0.717, 1.165) is 26.2 Å². The number of benzene rings is 1. The van der Waals surface area contributed by atoms with Gasteiger partial charge in [-0.3, -0.25) is 9.69 Å². The first-order chi connectivity index (χ1) is 10.5. The molecule has 0 spiro atoms. The SMILES string of the molecule is Cc1cccc(N2CCN(C(=O)CN(C)C(C)CO)CC2)c1. The molecule has 1 saturated heterocycles. The van der Waals surface area contributed by atoms with Crippen molar-refractivity contribution < 1.29 is 9.90 Å². The second-order valence-corrected chi connectivity index (χ2v) is 6.15. The predicted molar refractivity (Wildman–Crippen MR) is 89.1 cm³/mol. The summed E-state index contributed by atoms with van der Waals surface area (Å²) in [6.45, 7) is 7.71. The molecule has 1 N–H and O–H groups in total. The van der Waals surface area contributed by atoms with Gasteiger partial charge in [-0.1, -0.05) is 12.1 Å². The molecule has 5 heteroatoms. The fourth-order valence-corrected chi connectivity index (χ4v) is 2.65. The number of aliphatic hydroxyl groups excluding tert-OH is 1. The van der Waals surface area contributed by atoms with Crippen LogP contribution in [-0.2, 0) is 4.79 Å². The molecule has 1 fully saturated rings. The number of carbonyl (C=O) groups excluding carboxylic acids is 1. The summed E-state index contributed by atoms with van der Waals surface area (Å²) in [6, 6.07) is 8.50. The van der Waals surface area contributed by atoms with Gasteiger partial charge in [-0.05, 0) is 38.6 Å². The molecule has 2 rings (SSSR count).